The molecule has 1 aliphatic heterocycles. The highest BCUT2D eigenvalue weighted by Crippen LogP contribution is 2.46. The lowest BCUT2D eigenvalue weighted by Gasteiger charge is -2.25. The number of amides is 2. The molecule has 8 heteroatoms. The number of nitrogens with one attached hydrogen (secondary N) is 1. The van der Waals surface area contributed by atoms with Gasteiger partial charge < -0.3 is 24.6 Å². The van der Waals surface area contributed by atoms with Gasteiger partial charge in [0.25, 0.3) is 0 Å². The monoisotopic (exact) mass is 381 g/mol. The van der Waals surface area contributed by atoms with Gasteiger partial charge in [0.2, 0.25) is 11.8 Å². The molecule has 0 spiro atoms. The molecule has 1 heterocycles. The number of methoxy groups -OCH3 is 2. The Morgan fingerprint density at radius 2 is 2.04 bits per heavy atom. The van der Waals surface area contributed by atoms with Gasteiger partial charge in [0.05, 0.1) is 19.5 Å². The summed E-state index contributed by atoms with van der Waals surface area (Å²) in [7, 11) is 7.07. The highest BCUT2D eigenvalue weighted by Gasteiger charge is 2.40. The Hall–Kier alpha value is -1.93. The van der Waals surface area contributed by atoms with Gasteiger partial charge in [-0.15, -0.1) is 11.8 Å². The fraction of sp³-hybridized carbons (Fsp3) is 0.556. The van der Waals surface area contributed by atoms with Gasteiger partial charge in [-0.05, 0) is 39.2 Å². The van der Waals surface area contributed by atoms with E-state index in [9.17, 15) is 9.59 Å². The van der Waals surface area contributed by atoms with E-state index in [-0.39, 0.29) is 29.0 Å². The molecule has 1 saturated heterocycles. The fourth-order valence-corrected chi connectivity index (χ4v) is 4.03. The van der Waals surface area contributed by atoms with Gasteiger partial charge in [0.15, 0.2) is 0 Å². The van der Waals surface area contributed by atoms with E-state index in [0.29, 0.717) is 18.0 Å². The van der Waals surface area contributed by atoms with Gasteiger partial charge in [-0.3, -0.25) is 9.59 Å². The highest BCUT2D eigenvalue weighted by molar-refractivity contribution is 8.01. The van der Waals surface area contributed by atoms with Crippen LogP contribution in [0.2, 0.25) is 0 Å². The molecule has 2 amide bonds. The van der Waals surface area contributed by atoms with Crippen LogP contribution in [0.4, 0.5) is 0 Å². The first-order valence-corrected chi connectivity index (χ1v) is 9.41. The predicted molar refractivity (Wildman–Crippen MR) is 103 cm³/mol. The van der Waals surface area contributed by atoms with Crippen molar-refractivity contribution in [3.05, 3.63) is 23.8 Å². The molecule has 2 rings (SSSR count). The van der Waals surface area contributed by atoms with Crippen LogP contribution in [0.5, 0.6) is 11.5 Å². The number of benzene rings is 1. The maximum absolute atomic E-state index is 12.6. The fourth-order valence-electron chi connectivity index (χ4n) is 2.74. The van der Waals surface area contributed by atoms with E-state index in [1.54, 1.807) is 19.1 Å². The lowest BCUT2D eigenvalue weighted by molar-refractivity contribution is -0.135. The zero-order valence-corrected chi connectivity index (χ0v) is 16.8. The first-order valence-electron chi connectivity index (χ1n) is 8.46. The third-order valence-electron chi connectivity index (χ3n) is 4.15. The van der Waals surface area contributed by atoms with Gasteiger partial charge >= 0.3 is 0 Å². The van der Waals surface area contributed by atoms with Gasteiger partial charge in [-0.2, -0.15) is 0 Å². The third kappa shape index (κ3) is 4.82. The van der Waals surface area contributed by atoms with Crippen molar-refractivity contribution in [1.29, 1.82) is 0 Å². The summed E-state index contributed by atoms with van der Waals surface area (Å²) < 4.78 is 10.8. The zero-order valence-electron chi connectivity index (χ0n) is 15.9. The van der Waals surface area contributed by atoms with E-state index in [4.69, 9.17) is 9.47 Å². The maximum Gasteiger partial charge on any atom is 0.239 e. The van der Waals surface area contributed by atoms with Crippen LogP contribution >= 0.6 is 11.8 Å². The number of hydrogen-bond acceptors (Lipinski definition) is 6. The van der Waals surface area contributed by atoms with E-state index in [2.05, 4.69) is 5.32 Å². The molecular formula is C18H27N3O4S. The Morgan fingerprint density at radius 1 is 1.31 bits per heavy atom. The lowest BCUT2D eigenvalue weighted by Crippen LogP contribution is -2.41. The van der Waals surface area contributed by atoms with Crippen LogP contribution < -0.4 is 14.8 Å². The minimum absolute atomic E-state index is 0.0225. The number of carbonyl (C=O) groups is 2. The average Bonchev–Trinajstić information content (AvgIpc) is 2.89. The third-order valence-corrected chi connectivity index (χ3v) is 5.52. The molecule has 1 fully saturated rings. The van der Waals surface area contributed by atoms with E-state index in [1.165, 1.54) is 11.8 Å². The summed E-state index contributed by atoms with van der Waals surface area (Å²) in [5, 5.41) is 2.35. The van der Waals surface area contributed by atoms with Gasteiger partial charge in [-0.25, -0.2) is 0 Å². The maximum atomic E-state index is 12.6. The number of thioether (sulfide) groups is 1. The molecule has 0 unspecified atom stereocenters. The van der Waals surface area contributed by atoms with Crippen LogP contribution in [-0.4, -0.2) is 74.8 Å². The molecule has 1 N–H and O–H groups in total. The second-order valence-electron chi connectivity index (χ2n) is 6.36. The molecule has 7 nitrogen and oxygen atoms in total. The first-order chi connectivity index (χ1) is 12.4. The number of rotatable bonds is 8. The van der Waals surface area contributed by atoms with E-state index < -0.39 is 0 Å². The largest absolute Gasteiger partial charge is 0.497 e. The molecule has 144 valence electrons. The normalized spacial score (nSPS) is 19.8. The number of likely N-dealkylation sites (N-methyl/N-ethyl adjacent to an activating group) is 1. The number of ether oxygens (including phenoxy) is 2. The molecule has 0 saturated carbocycles. The smallest absolute Gasteiger partial charge is 0.239 e. The topological polar surface area (TPSA) is 71.1 Å². The Labute approximate surface area is 159 Å². The van der Waals surface area contributed by atoms with Crippen molar-refractivity contribution in [2.45, 2.75) is 17.5 Å². The van der Waals surface area contributed by atoms with E-state index in [1.807, 2.05) is 44.1 Å². The van der Waals surface area contributed by atoms with Crippen molar-refractivity contribution in [2.24, 2.45) is 0 Å². The molecule has 0 aromatic heterocycles. The van der Waals surface area contributed by atoms with Crippen LogP contribution in [0.25, 0.3) is 0 Å². The van der Waals surface area contributed by atoms with Crippen molar-refractivity contribution in [3.63, 3.8) is 0 Å². The van der Waals surface area contributed by atoms with Crippen LogP contribution in [-0.2, 0) is 9.59 Å². The summed E-state index contributed by atoms with van der Waals surface area (Å²) in [6.45, 7) is 3.17. The van der Waals surface area contributed by atoms with Gasteiger partial charge in [0.1, 0.15) is 23.4 Å². The minimum atomic E-state index is -0.290. The summed E-state index contributed by atoms with van der Waals surface area (Å²) >= 11 is 1.51. The van der Waals surface area contributed by atoms with Crippen LogP contribution in [0.15, 0.2) is 18.2 Å². The van der Waals surface area contributed by atoms with E-state index >= 15 is 0 Å². The number of carbonyl (C=O) groups excluding carboxylic acids is 2. The van der Waals surface area contributed by atoms with Gasteiger partial charge in [-0.1, -0.05) is 0 Å². The summed E-state index contributed by atoms with van der Waals surface area (Å²) in [5.41, 5.74) is 0.829. The van der Waals surface area contributed by atoms with Crippen molar-refractivity contribution in [2.75, 3.05) is 47.9 Å². The van der Waals surface area contributed by atoms with Crippen molar-refractivity contribution < 1.29 is 19.1 Å². The van der Waals surface area contributed by atoms with Crippen LogP contribution in [0.3, 0.4) is 0 Å². The molecule has 2 atom stereocenters. The molecule has 26 heavy (non-hydrogen) atoms. The summed E-state index contributed by atoms with van der Waals surface area (Å²) in [6, 6.07) is 5.49. The molecule has 0 radical (unpaired) electrons. The Balaban J connectivity index is 2.19. The van der Waals surface area contributed by atoms with Crippen LogP contribution in [0.1, 0.15) is 17.9 Å². The summed E-state index contributed by atoms with van der Waals surface area (Å²) in [4.78, 5) is 28.5. The highest BCUT2D eigenvalue weighted by atomic mass is 32.2. The second-order valence-corrected chi connectivity index (χ2v) is 7.78. The van der Waals surface area contributed by atoms with Crippen molar-refractivity contribution in [3.8, 4) is 11.5 Å². The Morgan fingerprint density at radius 3 is 2.65 bits per heavy atom. The Kier molecular flexibility index (Phi) is 7.16. The summed E-state index contributed by atoms with van der Waals surface area (Å²) in [6.07, 6.45) is 0. The second kappa shape index (κ2) is 9.14. The average molecular weight is 381 g/mol. The zero-order chi connectivity index (χ0) is 19.3. The molecule has 0 bridgehead atoms. The molecule has 1 aliphatic rings. The predicted octanol–water partition coefficient (Wildman–Crippen LogP) is 1.34. The number of nitrogens with zero attached hydrogens (tertiary/aromatic N) is 2. The van der Waals surface area contributed by atoms with Crippen molar-refractivity contribution >= 4 is 23.6 Å². The van der Waals surface area contributed by atoms with Crippen molar-refractivity contribution in [1.82, 2.24) is 15.1 Å². The minimum Gasteiger partial charge on any atom is -0.497 e. The first kappa shape index (κ1) is 20.4. The van der Waals surface area contributed by atoms with Crippen LogP contribution in [0, 0.1) is 0 Å². The SMILES string of the molecule is COc1ccc(OC)c([C@H]2S[C@@H](C)C(=O)N2CC(=O)NCCN(C)C)c1. The molecular weight excluding hydrogens is 354 g/mol. The number of hydrogen-bond donors (Lipinski definition) is 1. The molecule has 0 aliphatic carbocycles. The summed E-state index contributed by atoms with van der Waals surface area (Å²) in [5.74, 6) is 1.14. The Bertz CT molecular complexity index is 653. The standard InChI is InChI=1S/C18H27N3O4S/c1-12-17(23)21(11-16(22)19-8-9-20(2)3)18(26-12)14-10-13(24-4)6-7-15(14)25-5/h6-7,10,12,18H,8-9,11H2,1-5H3,(H,19,22)/t12-,18+/m0/s1. The van der Waals surface area contributed by atoms with Gasteiger partial charge in [0, 0.05) is 18.7 Å². The molecule has 1 aromatic carbocycles. The van der Waals surface area contributed by atoms with E-state index in [0.717, 1.165) is 12.1 Å². The lowest BCUT2D eigenvalue weighted by atomic mass is 10.1. The molecule has 1 aromatic rings. The quantitative estimate of drug-likeness (QED) is 0.733.